The molecule has 0 fully saturated rings. The quantitative estimate of drug-likeness (QED) is 0.409. The number of ether oxygens (including phenoxy) is 2. The second-order valence-electron chi connectivity index (χ2n) is 4.55. The van der Waals surface area contributed by atoms with Gasteiger partial charge >= 0.3 is 0 Å². The van der Waals surface area contributed by atoms with E-state index in [1.54, 1.807) is 0 Å². The van der Waals surface area contributed by atoms with Gasteiger partial charge < -0.3 is 21.9 Å². The average Bonchev–Trinajstić information content (AvgIpc) is 2.84. The monoisotopic (exact) mass is 273 g/mol. The maximum Gasteiger partial charge on any atom is 0.231 e. The van der Waals surface area contributed by atoms with Gasteiger partial charge in [-0.3, -0.25) is 0 Å². The number of fused-ring (bicyclic) bond motifs is 4. The molecule has 96 valence electrons. The minimum absolute atomic E-state index is 0. The molecule has 4 rings (SSSR count). The smallest absolute Gasteiger partial charge is 0.231 e. The normalized spacial score (nSPS) is 12.7. The van der Waals surface area contributed by atoms with E-state index in [1.807, 2.05) is 6.07 Å². The number of rotatable bonds is 0. The first kappa shape index (κ1) is 12.1. The van der Waals surface area contributed by atoms with Gasteiger partial charge in [-0.15, -0.1) is 0 Å². The molecule has 3 nitrogen and oxygen atoms in total. The lowest BCUT2D eigenvalue weighted by atomic mass is 10.1. The Morgan fingerprint density at radius 2 is 1.74 bits per heavy atom. The third kappa shape index (κ3) is 1.70. The second-order valence-corrected chi connectivity index (χ2v) is 4.55. The Hall–Kier alpha value is -2.00. The van der Waals surface area contributed by atoms with Crippen molar-refractivity contribution < 1.29 is 26.4 Å². The summed E-state index contributed by atoms with van der Waals surface area (Å²) in [5, 5.41) is 3.60. The molecule has 0 aliphatic carbocycles. The van der Waals surface area contributed by atoms with E-state index in [1.165, 1.54) is 21.7 Å². The van der Waals surface area contributed by atoms with E-state index in [2.05, 4.69) is 48.1 Å². The van der Waals surface area contributed by atoms with Crippen LogP contribution in [0.15, 0.2) is 42.6 Å². The Kier molecular flexibility index (Phi) is 2.72. The van der Waals surface area contributed by atoms with Crippen LogP contribution in [0.2, 0.25) is 0 Å². The van der Waals surface area contributed by atoms with Gasteiger partial charge in [0.05, 0.1) is 10.8 Å². The zero-order valence-corrected chi connectivity index (χ0v) is 11.1. The van der Waals surface area contributed by atoms with Crippen LogP contribution in [0.3, 0.4) is 0 Å². The highest BCUT2D eigenvalue weighted by atomic mass is 35.5. The lowest BCUT2D eigenvalue weighted by molar-refractivity contribution is -0.643. The summed E-state index contributed by atoms with van der Waals surface area (Å²) in [7, 11) is 2.06. The van der Waals surface area contributed by atoms with Crippen molar-refractivity contribution in [3.8, 4) is 11.5 Å². The van der Waals surface area contributed by atoms with Crippen molar-refractivity contribution in [2.45, 2.75) is 0 Å². The van der Waals surface area contributed by atoms with Crippen LogP contribution in [-0.2, 0) is 7.05 Å². The number of para-hydroxylation sites is 1. The molecule has 0 saturated heterocycles. The molecule has 2 aromatic carbocycles. The maximum absolute atomic E-state index is 5.46. The molecule has 0 spiro atoms. The van der Waals surface area contributed by atoms with Crippen LogP contribution >= 0.6 is 0 Å². The number of benzene rings is 2. The van der Waals surface area contributed by atoms with E-state index in [4.69, 9.17) is 9.47 Å². The van der Waals surface area contributed by atoms with Gasteiger partial charge in [0, 0.05) is 11.5 Å². The van der Waals surface area contributed by atoms with Gasteiger partial charge in [-0.2, -0.15) is 0 Å². The number of hydrogen-bond acceptors (Lipinski definition) is 2. The molecule has 1 aromatic heterocycles. The SMILES string of the molecule is C[n+]1cc2cc3c(cc2c2ccccc21)OCO3.[Cl-]. The highest BCUT2D eigenvalue weighted by Gasteiger charge is 2.17. The van der Waals surface area contributed by atoms with Crippen molar-refractivity contribution >= 4 is 21.7 Å². The third-order valence-corrected chi connectivity index (χ3v) is 3.45. The Labute approximate surface area is 116 Å². The molecule has 0 N–H and O–H groups in total. The van der Waals surface area contributed by atoms with Crippen molar-refractivity contribution in [1.82, 2.24) is 0 Å². The van der Waals surface area contributed by atoms with E-state index < -0.39 is 0 Å². The van der Waals surface area contributed by atoms with E-state index in [0.717, 1.165) is 11.5 Å². The molecule has 0 saturated carbocycles. The summed E-state index contributed by atoms with van der Waals surface area (Å²) >= 11 is 0. The Morgan fingerprint density at radius 3 is 2.58 bits per heavy atom. The third-order valence-electron chi connectivity index (χ3n) is 3.45. The van der Waals surface area contributed by atoms with E-state index in [0.29, 0.717) is 6.79 Å². The van der Waals surface area contributed by atoms with Crippen molar-refractivity contribution in [2.24, 2.45) is 7.05 Å². The summed E-state index contributed by atoms with van der Waals surface area (Å²) in [6.45, 7) is 0.315. The molecule has 0 bridgehead atoms. The average molecular weight is 274 g/mol. The molecule has 0 radical (unpaired) electrons. The van der Waals surface area contributed by atoms with Crippen LogP contribution in [0.1, 0.15) is 0 Å². The summed E-state index contributed by atoms with van der Waals surface area (Å²) in [6, 6.07) is 12.5. The van der Waals surface area contributed by atoms with Crippen LogP contribution < -0.4 is 26.4 Å². The van der Waals surface area contributed by atoms with Crippen LogP contribution in [0.25, 0.3) is 21.7 Å². The fourth-order valence-electron chi connectivity index (χ4n) is 2.58. The molecular formula is C15H12ClNO2. The van der Waals surface area contributed by atoms with Crippen molar-refractivity contribution in [2.75, 3.05) is 6.79 Å². The molecule has 0 amide bonds. The van der Waals surface area contributed by atoms with Crippen molar-refractivity contribution in [1.29, 1.82) is 0 Å². The largest absolute Gasteiger partial charge is 1.00 e. The lowest BCUT2D eigenvalue weighted by Crippen LogP contribution is -3.00. The van der Waals surface area contributed by atoms with Crippen LogP contribution in [0.4, 0.5) is 0 Å². The van der Waals surface area contributed by atoms with E-state index in [-0.39, 0.29) is 12.4 Å². The lowest BCUT2D eigenvalue weighted by Gasteiger charge is -2.04. The van der Waals surface area contributed by atoms with Gasteiger partial charge in [0.25, 0.3) is 0 Å². The fourth-order valence-corrected chi connectivity index (χ4v) is 2.58. The molecule has 1 aliphatic heterocycles. The second kappa shape index (κ2) is 4.28. The fraction of sp³-hybridized carbons (Fsp3) is 0.133. The summed E-state index contributed by atoms with van der Waals surface area (Å²) in [5.41, 5.74) is 1.21. The predicted octanol–water partition coefficient (Wildman–Crippen LogP) is -0.450. The molecule has 0 unspecified atom stereocenters. The highest BCUT2D eigenvalue weighted by Crippen LogP contribution is 2.37. The molecule has 19 heavy (non-hydrogen) atoms. The van der Waals surface area contributed by atoms with Gasteiger partial charge in [0.15, 0.2) is 17.7 Å². The first-order valence-corrected chi connectivity index (χ1v) is 5.94. The molecule has 0 atom stereocenters. The standard InChI is InChI=1S/C15H12NO2.ClH/c1-16-8-10-6-14-15(18-9-17-14)7-12(10)11-4-2-3-5-13(11)16;/h2-8H,9H2,1H3;1H/q+1;/p-1. The van der Waals surface area contributed by atoms with Gasteiger partial charge in [-0.05, 0) is 18.2 Å². The molecule has 2 heterocycles. The zero-order chi connectivity index (χ0) is 12.1. The number of hydrogen-bond donors (Lipinski definition) is 0. The minimum Gasteiger partial charge on any atom is -1.00 e. The van der Waals surface area contributed by atoms with E-state index >= 15 is 0 Å². The summed E-state index contributed by atoms with van der Waals surface area (Å²) < 4.78 is 13.0. The maximum atomic E-state index is 5.46. The van der Waals surface area contributed by atoms with Gasteiger partial charge in [0.2, 0.25) is 12.3 Å². The molecule has 4 heteroatoms. The molecular weight excluding hydrogens is 262 g/mol. The van der Waals surface area contributed by atoms with Gasteiger partial charge in [-0.25, -0.2) is 4.57 Å². The van der Waals surface area contributed by atoms with Crippen LogP contribution in [0.5, 0.6) is 11.5 Å². The van der Waals surface area contributed by atoms with Crippen LogP contribution in [-0.4, -0.2) is 6.79 Å². The predicted molar refractivity (Wildman–Crippen MR) is 68.8 cm³/mol. The molecule has 1 aliphatic rings. The molecule has 3 aromatic rings. The van der Waals surface area contributed by atoms with Crippen molar-refractivity contribution in [3.05, 3.63) is 42.6 Å². The summed E-state index contributed by atoms with van der Waals surface area (Å²) in [6.07, 6.45) is 2.12. The van der Waals surface area contributed by atoms with Crippen LogP contribution in [0, 0.1) is 0 Å². The van der Waals surface area contributed by atoms with Gasteiger partial charge in [-0.1, -0.05) is 12.1 Å². The first-order valence-electron chi connectivity index (χ1n) is 5.94. The van der Waals surface area contributed by atoms with Crippen molar-refractivity contribution in [3.63, 3.8) is 0 Å². The first-order chi connectivity index (χ1) is 8.83. The minimum atomic E-state index is 0. The topological polar surface area (TPSA) is 22.3 Å². The van der Waals surface area contributed by atoms with E-state index in [9.17, 15) is 0 Å². The zero-order valence-electron chi connectivity index (χ0n) is 10.4. The van der Waals surface area contributed by atoms with Gasteiger partial charge in [0.1, 0.15) is 7.05 Å². The number of aromatic nitrogens is 1. The number of pyridine rings is 1. The number of nitrogens with zero attached hydrogens (tertiary/aromatic N) is 1. The Morgan fingerprint density at radius 1 is 1.00 bits per heavy atom. The Bertz CT molecular complexity index is 786. The Balaban J connectivity index is 0.00000110. The number of halogens is 1. The highest BCUT2D eigenvalue weighted by molar-refractivity contribution is 6.05. The number of aryl methyl sites for hydroxylation is 1. The summed E-state index contributed by atoms with van der Waals surface area (Å²) in [5.74, 6) is 1.67. The summed E-state index contributed by atoms with van der Waals surface area (Å²) in [4.78, 5) is 0.